The smallest absolute Gasteiger partial charge is 0.170 e. The van der Waals surface area contributed by atoms with E-state index in [0.29, 0.717) is 6.10 Å². The van der Waals surface area contributed by atoms with E-state index in [-0.39, 0.29) is 5.84 Å². The molecule has 1 aliphatic heterocycles. The van der Waals surface area contributed by atoms with Crippen molar-refractivity contribution in [2.75, 3.05) is 13.2 Å². The van der Waals surface area contributed by atoms with Gasteiger partial charge in [-0.1, -0.05) is 29.4 Å². The van der Waals surface area contributed by atoms with Gasteiger partial charge in [0.2, 0.25) is 0 Å². The highest BCUT2D eigenvalue weighted by Gasteiger charge is 2.14. The Bertz CT molecular complexity index is 411. The second-order valence-corrected chi connectivity index (χ2v) is 4.78. The summed E-state index contributed by atoms with van der Waals surface area (Å²) in [7, 11) is 0. The Morgan fingerprint density at radius 3 is 2.84 bits per heavy atom. The maximum Gasteiger partial charge on any atom is 0.170 e. The molecule has 19 heavy (non-hydrogen) atoms. The maximum atomic E-state index is 8.57. The van der Waals surface area contributed by atoms with Gasteiger partial charge in [-0.3, -0.25) is 0 Å². The predicted octanol–water partition coefficient (Wildman–Crippen LogP) is 1.44. The van der Waals surface area contributed by atoms with E-state index in [2.05, 4.69) is 10.5 Å². The first-order valence-corrected chi connectivity index (χ1v) is 6.69. The van der Waals surface area contributed by atoms with Gasteiger partial charge in [-0.2, -0.15) is 0 Å². The van der Waals surface area contributed by atoms with E-state index in [4.69, 9.17) is 15.7 Å². The lowest BCUT2D eigenvalue weighted by molar-refractivity contribution is 0.104. The summed E-state index contributed by atoms with van der Waals surface area (Å²) in [6.45, 7) is 2.70. The molecule has 4 N–H and O–H groups in total. The highest BCUT2D eigenvalue weighted by Crippen LogP contribution is 2.14. The Morgan fingerprint density at radius 2 is 2.21 bits per heavy atom. The second-order valence-electron chi connectivity index (χ2n) is 4.78. The van der Waals surface area contributed by atoms with E-state index in [1.165, 1.54) is 18.4 Å². The molecule has 0 bridgehead atoms. The van der Waals surface area contributed by atoms with Gasteiger partial charge in [-0.15, -0.1) is 0 Å². The van der Waals surface area contributed by atoms with E-state index in [1.807, 2.05) is 24.3 Å². The van der Waals surface area contributed by atoms with Crippen LogP contribution in [0.5, 0.6) is 0 Å². The molecule has 1 aromatic carbocycles. The fourth-order valence-electron chi connectivity index (χ4n) is 2.22. The number of nitrogens with zero attached hydrogens (tertiary/aromatic N) is 1. The van der Waals surface area contributed by atoms with E-state index in [9.17, 15) is 0 Å². The fourth-order valence-corrected chi connectivity index (χ4v) is 2.22. The fraction of sp³-hybridized carbons (Fsp3) is 0.500. The quantitative estimate of drug-likeness (QED) is 0.238. The van der Waals surface area contributed by atoms with Crippen LogP contribution in [0.1, 0.15) is 30.4 Å². The van der Waals surface area contributed by atoms with Crippen molar-refractivity contribution in [2.24, 2.45) is 10.9 Å². The average molecular weight is 263 g/mol. The van der Waals surface area contributed by atoms with E-state index in [1.54, 1.807) is 0 Å². The third kappa shape index (κ3) is 4.22. The number of oxime groups is 1. The van der Waals surface area contributed by atoms with Crippen LogP contribution >= 0.6 is 0 Å². The predicted molar refractivity (Wildman–Crippen MR) is 74.3 cm³/mol. The van der Waals surface area contributed by atoms with Gasteiger partial charge in [0.1, 0.15) is 0 Å². The molecule has 1 unspecified atom stereocenters. The Labute approximate surface area is 113 Å². The summed E-state index contributed by atoms with van der Waals surface area (Å²) >= 11 is 0. The standard InChI is InChI=1S/C14H21N3O2/c15-14(17-18)12-5-3-11(4-6-12)10-16-8-7-13-2-1-9-19-13/h3-6,13,16,18H,1-2,7-10H2,(H2,15,17). The lowest BCUT2D eigenvalue weighted by Gasteiger charge is -2.10. The number of hydrogen-bond donors (Lipinski definition) is 3. The second kappa shape index (κ2) is 7.11. The zero-order chi connectivity index (χ0) is 13.5. The lowest BCUT2D eigenvalue weighted by atomic mass is 10.1. The van der Waals surface area contributed by atoms with Crippen LogP contribution in [-0.4, -0.2) is 30.3 Å². The molecule has 0 amide bonds. The van der Waals surface area contributed by atoms with Crippen molar-refractivity contribution < 1.29 is 9.94 Å². The van der Waals surface area contributed by atoms with Gasteiger partial charge in [-0.25, -0.2) is 0 Å². The van der Waals surface area contributed by atoms with Gasteiger partial charge < -0.3 is 21.0 Å². The normalized spacial score (nSPS) is 19.8. The van der Waals surface area contributed by atoms with Crippen molar-refractivity contribution in [3.8, 4) is 0 Å². The monoisotopic (exact) mass is 263 g/mol. The molecule has 104 valence electrons. The van der Waals surface area contributed by atoms with Crippen molar-refractivity contribution >= 4 is 5.84 Å². The zero-order valence-electron chi connectivity index (χ0n) is 11.0. The van der Waals surface area contributed by atoms with Crippen LogP contribution in [0.4, 0.5) is 0 Å². The molecular formula is C14H21N3O2. The number of ether oxygens (including phenoxy) is 1. The van der Waals surface area contributed by atoms with Gasteiger partial charge >= 0.3 is 0 Å². The number of amidine groups is 1. The molecule has 0 spiro atoms. The van der Waals surface area contributed by atoms with Crippen LogP contribution in [0.25, 0.3) is 0 Å². The number of benzene rings is 1. The molecule has 1 heterocycles. The first-order chi connectivity index (χ1) is 9.29. The van der Waals surface area contributed by atoms with Crippen LogP contribution in [-0.2, 0) is 11.3 Å². The first kappa shape index (κ1) is 13.8. The Balaban J connectivity index is 1.70. The number of rotatable bonds is 6. The topological polar surface area (TPSA) is 79.9 Å². The Kier molecular flexibility index (Phi) is 5.18. The van der Waals surface area contributed by atoms with Gasteiger partial charge in [0, 0.05) is 18.7 Å². The third-order valence-corrected chi connectivity index (χ3v) is 3.35. The molecule has 2 rings (SSSR count). The summed E-state index contributed by atoms with van der Waals surface area (Å²) < 4.78 is 5.57. The SMILES string of the molecule is NC(=NO)c1ccc(CNCCC2CCCO2)cc1. The largest absolute Gasteiger partial charge is 0.409 e. The van der Waals surface area contributed by atoms with Gasteiger partial charge in [0.05, 0.1) is 6.10 Å². The Hall–Kier alpha value is -1.59. The number of nitrogens with two attached hydrogens (primary N) is 1. The van der Waals surface area contributed by atoms with Gasteiger partial charge in [-0.05, 0) is 31.4 Å². The summed E-state index contributed by atoms with van der Waals surface area (Å²) in [4.78, 5) is 0. The summed E-state index contributed by atoms with van der Waals surface area (Å²) in [5, 5.41) is 14.9. The maximum absolute atomic E-state index is 8.57. The average Bonchev–Trinajstić information content (AvgIpc) is 2.96. The molecule has 1 atom stereocenters. The summed E-state index contributed by atoms with van der Waals surface area (Å²) in [5.74, 6) is 0.137. The zero-order valence-corrected chi connectivity index (χ0v) is 11.0. The highest BCUT2D eigenvalue weighted by atomic mass is 16.5. The van der Waals surface area contributed by atoms with Crippen molar-refractivity contribution in [1.29, 1.82) is 0 Å². The van der Waals surface area contributed by atoms with Crippen LogP contribution < -0.4 is 11.1 Å². The summed E-state index contributed by atoms with van der Waals surface area (Å²) in [5.41, 5.74) is 7.42. The molecule has 5 heteroatoms. The van der Waals surface area contributed by atoms with Crippen LogP contribution in [0, 0.1) is 0 Å². The van der Waals surface area contributed by atoms with E-state index >= 15 is 0 Å². The molecule has 5 nitrogen and oxygen atoms in total. The third-order valence-electron chi connectivity index (χ3n) is 3.35. The minimum atomic E-state index is 0.137. The van der Waals surface area contributed by atoms with Crippen molar-refractivity contribution in [2.45, 2.75) is 31.9 Å². The van der Waals surface area contributed by atoms with Gasteiger partial charge in [0.15, 0.2) is 5.84 Å². The van der Waals surface area contributed by atoms with E-state index < -0.39 is 0 Å². The summed E-state index contributed by atoms with van der Waals surface area (Å²) in [6, 6.07) is 7.66. The lowest BCUT2D eigenvalue weighted by Crippen LogP contribution is -2.20. The molecule has 1 aromatic rings. The molecule has 1 aliphatic rings. The van der Waals surface area contributed by atoms with Crippen molar-refractivity contribution in [3.05, 3.63) is 35.4 Å². The highest BCUT2D eigenvalue weighted by molar-refractivity contribution is 5.96. The summed E-state index contributed by atoms with van der Waals surface area (Å²) in [6.07, 6.45) is 3.90. The number of hydrogen-bond acceptors (Lipinski definition) is 4. The molecule has 1 fully saturated rings. The molecule has 0 aromatic heterocycles. The minimum absolute atomic E-state index is 0.137. The molecule has 1 saturated heterocycles. The van der Waals surface area contributed by atoms with Crippen molar-refractivity contribution in [3.63, 3.8) is 0 Å². The van der Waals surface area contributed by atoms with Crippen LogP contribution in [0.3, 0.4) is 0 Å². The molecule has 0 radical (unpaired) electrons. The molecule has 0 saturated carbocycles. The minimum Gasteiger partial charge on any atom is -0.409 e. The Morgan fingerprint density at radius 1 is 1.42 bits per heavy atom. The molecule has 0 aliphatic carbocycles. The van der Waals surface area contributed by atoms with Crippen molar-refractivity contribution in [1.82, 2.24) is 5.32 Å². The van der Waals surface area contributed by atoms with Crippen LogP contribution in [0.2, 0.25) is 0 Å². The first-order valence-electron chi connectivity index (χ1n) is 6.69. The van der Waals surface area contributed by atoms with E-state index in [0.717, 1.165) is 31.7 Å². The van der Waals surface area contributed by atoms with Crippen LogP contribution in [0.15, 0.2) is 29.4 Å². The number of nitrogens with one attached hydrogen (secondary N) is 1. The molecular weight excluding hydrogens is 242 g/mol. The van der Waals surface area contributed by atoms with Gasteiger partial charge in [0.25, 0.3) is 0 Å².